The molecule has 1 aliphatic carbocycles. The smallest absolute Gasteiger partial charge is 0.150 e. The van der Waals surface area contributed by atoms with Crippen molar-refractivity contribution in [2.45, 2.75) is 38.9 Å². The van der Waals surface area contributed by atoms with E-state index in [4.69, 9.17) is 5.73 Å². The summed E-state index contributed by atoms with van der Waals surface area (Å²) in [5, 5.41) is 3.45. The maximum absolute atomic E-state index is 5.95. The molecule has 5 heteroatoms. The number of amidine groups is 1. The fourth-order valence-electron chi connectivity index (χ4n) is 2.10. The minimum absolute atomic E-state index is 0.154. The lowest BCUT2D eigenvalue weighted by molar-refractivity contribution is 0.586. The summed E-state index contributed by atoms with van der Waals surface area (Å²) in [5.74, 6) is 2.26. The second-order valence-corrected chi connectivity index (χ2v) is 4.88. The third kappa shape index (κ3) is 1.38. The Hall–Kier alpha value is -1.52. The summed E-state index contributed by atoms with van der Waals surface area (Å²) in [5.41, 5.74) is 6.75. The van der Waals surface area contributed by atoms with Crippen LogP contribution in [0.15, 0.2) is 11.3 Å². The van der Waals surface area contributed by atoms with Crippen LogP contribution in [0, 0.1) is 5.92 Å². The van der Waals surface area contributed by atoms with Gasteiger partial charge >= 0.3 is 0 Å². The molecule has 2 heterocycles. The summed E-state index contributed by atoms with van der Waals surface area (Å²) >= 11 is 0. The van der Waals surface area contributed by atoms with Crippen LogP contribution in [0.5, 0.6) is 0 Å². The molecular weight excluding hydrogens is 202 g/mol. The van der Waals surface area contributed by atoms with E-state index in [0.717, 1.165) is 11.5 Å². The second-order valence-electron chi connectivity index (χ2n) is 4.88. The summed E-state index contributed by atoms with van der Waals surface area (Å²) in [7, 11) is 0. The molecule has 0 spiro atoms. The molecule has 1 aromatic heterocycles. The molecule has 1 atom stereocenters. The largest absolute Gasteiger partial charge is 0.382 e. The Bertz CT molecular complexity index is 441. The number of nitrogens with zero attached hydrogens (tertiary/aromatic N) is 3. The van der Waals surface area contributed by atoms with Crippen LogP contribution in [-0.2, 0) is 0 Å². The number of hydrogen-bond donors (Lipinski definition) is 2. The monoisotopic (exact) mass is 219 g/mol. The minimum Gasteiger partial charge on any atom is -0.382 e. The minimum atomic E-state index is 0.154. The predicted molar refractivity (Wildman–Crippen MR) is 63.5 cm³/mol. The Morgan fingerprint density at radius 1 is 1.50 bits per heavy atom. The molecule has 0 radical (unpaired) electrons. The predicted octanol–water partition coefficient (Wildman–Crippen LogP) is 1.33. The van der Waals surface area contributed by atoms with Crippen molar-refractivity contribution in [2.24, 2.45) is 16.6 Å². The average Bonchev–Trinajstić information content (AvgIpc) is 2.98. The van der Waals surface area contributed by atoms with Gasteiger partial charge in [-0.3, -0.25) is 0 Å². The highest BCUT2D eigenvalue weighted by Gasteiger charge is 2.35. The van der Waals surface area contributed by atoms with Crippen LogP contribution in [0.3, 0.4) is 0 Å². The Morgan fingerprint density at radius 3 is 2.88 bits per heavy atom. The van der Waals surface area contributed by atoms with Crippen LogP contribution in [0.4, 0.5) is 5.82 Å². The van der Waals surface area contributed by atoms with Gasteiger partial charge in [-0.15, -0.1) is 0 Å². The highest BCUT2D eigenvalue weighted by atomic mass is 15.3. The van der Waals surface area contributed by atoms with Gasteiger partial charge in [0.25, 0.3) is 0 Å². The molecule has 2 aliphatic rings. The van der Waals surface area contributed by atoms with E-state index in [9.17, 15) is 0 Å². The van der Waals surface area contributed by atoms with E-state index >= 15 is 0 Å². The van der Waals surface area contributed by atoms with E-state index in [-0.39, 0.29) is 6.17 Å². The molecule has 3 N–H and O–H groups in total. The maximum Gasteiger partial charge on any atom is 0.150 e. The SMILES string of the molecule is CC(C)n1cnc2c1NC(C1CC1)N=C2N. The van der Waals surface area contributed by atoms with Gasteiger partial charge in [-0.1, -0.05) is 0 Å². The highest BCUT2D eigenvalue weighted by Crippen LogP contribution is 2.37. The van der Waals surface area contributed by atoms with Crippen molar-refractivity contribution in [1.29, 1.82) is 0 Å². The standard InChI is InChI=1S/C11H17N5/c1-6(2)16-5-13-8-9(12)14-10(7-3-4-7)15-11(8)16/h5-7,10,15H,3-4H2,1-2H3,(H2,12,14). The van der Waals surface area contributed by atoms with Crippen molar-refractivity contribution >= 4 is 11.7 Å². The molecule has 1 saturated carbocycles. The van der Waals surface area contributed by atoms with Crippen molar-refractivity contribution in [3.8, 4) is 0 Å². The number of fused-ring (bicyclic) bond motifs is 1. The first-order chi connectivity index (χ1) is 7.66. The van der Waals surface area contributed by atoms with Crippen LogP contribution in [0.1, 0.15) is 38.4 Å². The van der Waals surface area contributed by atoms with Crippen LogP contribution < -0.4 is 11.1 Å². The van der Waals surface area contributed by atoms with Gasteiger partial charge in [0, 0.05) is 6.04 Å². The van der Waals surface area contributed by atoms with Crippen LogP contribution in [-0.4, -0.2) is 21.6 Å². The molecule has 86 valence electrons. The summed E-state index contributed by atoms with van der Waals surface area (Å²) < 4.78 is 2.12. The molecule has 0 amide bonds. The topological polar surface area (TPSA) is 68.2 Å². The van der Waals surface area contributed by atoms with E-state index in [1.54, 1.807) is 0 Å². The molecule has 0 aromatic carbocycles. The number of nitrogens with one attached hydrogen (secondary N) is 1. The first-order valence-corrected chi connectivity index (χ1v) is 5.84. The molecular formula is C11H17N5. The fourth-order valence-corrected chi connectivity index (χ4v) is 2.10. The van der Waals surface area contributed by atoms with E-state index in [0.29, 0.717) is 17.8 Å². The molecule has 0 bridgehead atoms. The molecule has 1 aromatic rings. The first kappa shape index (κ1) is 9.69. The summed E-state index contributed by atoms with van der Waals surface area (Å²) in [6.45, 7) is 4.27. The van der Waals surface area contributed by atoms with Gasteiger partial charge in [-0.05, 0) is 32.6 Å². The number of aliphatic imine (C=N–C) groups is 1. The van der Waals surface area contributed by atoms with Crippen molar-refractivity contribution in [1.82, 2.24) is 9.55 Å². The van der Waals surface area contributed by atoms with Crippen molar-refractivity contribution in [3.05, 3.63) is 12.0 Å². The number of rotatable bonds is 2. The highest BCUT2D eigenvalue weighted by molar-refractivity contribution is 6.01. The Balaban J connectivity index is 2.00. The number of hydrogen-bond acceptors (Lipinski definition) is 4. The third-order valence-electron chi connectivity index (χ3n) is 3.22. The van der Waals surface area contributed by atoms with Crippen molar-refractivity contribution in [3.63, 3.8) is 0 Å². The lowest BCUT2D eigenvalue weighted by atomic mass is 10.2. The summed E-state index contributed by atoms with van der Waals surface area (Å²) in [6.07, 6.45) is 4.49. The first-order valence-electron chi connectivity index (χ1n) is 5.84. The third-order valence-corrected chi connectivity index (χ3v) is 3.22. The van der Waals surface area contributed by atoms with E-state index < -0.39 is 0 Å². The van der Waals surface area contributed by atoms with Crippen molar-refractivity contribution in [2.75, 3.05) is 5.32 Å². The van der Waals surface area contributed by atoms with E-state index in [1.165, 1.54) is 12.8 Å². The quantitative estimate of drug-likeness (QED) is 0.788. The van der Waals surface area contributed by atoms with E-state index in [1.807, 2.05) is 6.33 Å². The molecule has 5 nitrogen and oxygen atoms in total. The second kappa shape index (κ2) is 3.23. The molecule has 1 aliphatic heterocycles. The van der Waals surface area contributed by atoms with Gasteiger partial charge in [0.1, 0.15) is 17.7 Å². The molecule has 1 fully saturated rings. The van der Waals surface area contributed by atoms with Crippen molar-refractivity contribution < 1.29 is 0 Å². The zero-order valence-electron chi connectivity index (χ0n) is 9.64. The Labute approximate surface area is 94.8 Å². The van der Waals surface area contributed by atoms with Crippen LogP contribution in [0.2, 0.25) is 0 Å². The maximum atomic E-state index is 5.95. The van der Waals surface area contributed by atoms with Crippen LogP contribution in [0.25, 0.3) is 0 Å². The Kier molecular flexibility index (Phi) is 1.96. The summed E-state index contributed by atoms with van der Waals surface area (Å²) in [6, 6.07) is 0.384. The van der Waals surface area contributed by atoms with Gasteiger partial charge < -0.3 is 15.6 Å². The lowest BCUT2D eigenvalue weighted by Gasteiger charge is -2.23. The molecule has 1 unspecified atom stereocenters. The Morgan fingerprint density at radius 2 is 2.25 bits per heavy atom. The lowest BCUT2D eigenvalue weighted by Crippen LogP contribution is -2.32. The summed E-state index contributed by atoms with van der Waals surface area (Å²) in [4.78, 5) is 8.78. The van der Waals surface area contributed by atoms with Crippen LogP contribution >= 0.6 is 0 Å². The van der Waals surface area contributed by atoms with Gasteiger partial charge in [0.15, 0.2) is 5.84 Å². The zero-order chi connectivity index (χ0) is 11.3. The molecule has 0 saturated heterocycles. The molecule has 3 rings (SSSR count). The normalized spacial score (nSPS) is 23.9. The number of anilines is 1. The number of imidazole rings is 1. The van der Waals surface area contributed by atoms with Gasteiger partial charge in [-0.25, -0.2) is 9.98 Å². The number of aromatic nitrogens is 2. The zero-order valence-corrected chi connectivity index (χ0v) is 9.64. The van der Waals surface area contributed by atoms with Gasteiger partial charge in [0.2, 0.25) is 0 Å². The van der Waals surface area contributed by atoms with E-state index in [2.05, 4.69) is 33.7 Å². The average molecular weight is 219 g/mol. The van der Waals surface area contributed by atoms with Gasteiger partial charge in [0.05, 0.1) is 6.33 Å². The molecule has 16 heavy (non-hydrogen) atoms. The fraction of sp³-hybridized carbons (Fsp3) is 0.636. The van der Waals surface area contributed by atoms with Gasteiger partial charge in [-0.2, -0.15) is 0 Å². The number of nitrogens with two attached hydrogens (primary N) is 1.